The molecule has 2 saturated heterocycles. The highest BCUT2D eigenvalue weighted by Crippen LogP contribution is 2.31. The van der Waals surface area contributed by atoms with Crippen molar-refractivity contribution in [2.24, 2.45) is 0 Å². The van der Waals surface area contributed by atoms with Crippen LogP contribution in [0.15, 0.2) is 42.6 Å². The minimum absolute atomic E-state index is 0.134. The molecule has 1 aromatic heterocycles. The van der Waals surface area contributed by atoms with E-state index in [0.717, 1.165) is 25.0 Å². The smallest absolute Gasteiger partial charge is 0.340 e. The van der Waals surface area contributed by atoms with Gasteiger partial charge in [0.15, 0.2) is 0 Å². The number of nitrogens with one attached hydrogen (secondary N) is 1. The number of nitrogens with zero attached hydrogens (tertiary/aromatic N) is 4. The SMILES string of the molecule is O=C(C(=O)N1CCN(C(=O)c2cccnc2Nc2cccc(C(F)(F)F)c2)CC1)N1CCCC1. The number of amides is 3. The summed E-state index contributed by atoms with van der Waals surface area (Å²) in [5.74, 6) is -1.28. The molecule has 0 bridgehead atoms. The number of carbonyl (C=O) groups is 3. The summed E-state index contributed by atoms with van der Waals surface area (Å²) in [6.07, 6.45) is -1.27. The van der Waals surface area contributed by atoms with Crippen LogP contribution in [0.2, 0.25) is 0 Å². The van der Waals surface area contributed by atoms with Gasteiger partial charge in [-0.05, 0) is 43.2 Å². The fraction of sp³-hybridized carbons (Fsp3) is 0.391. The van der Waals surface area contributed by atoms with Crippen LogP contribution in [0.3, 0.4) is 0 Å². The lowest BCUT2D eigenvalue weighted by Crippen LogP contribution is -2.54. The quantitative estimate of drug-likeness (QED) is 0.690. The Labute approximate surface area is 194 Å². The number of piperazine rings is 1. The van der Waals surface area contributed by atoms with Gasteiger partial charge >= 0.3 is 18.0 Å². The Morgan fingerprint density at radius 3 is 2.09 bits per heavy atom. The standard InChI is InChI=1S/C23H24F3N5O3/c24-23(25,26)16-5-3-6-17(15-16)28-19-18(7-4-8-27-19)20(32)30-11-13-31(14-12-30)22(34)21(33)29-9-1-2-10-29/h3-8,15H,1-2,9-14H2,(H,27,28). The summed E-state index contributed by atoms with van der Waals surface area (Å²) in [7, 11) is 0. The van der Waals surface area contributed by atoms with Gasteiger partial charge in [0.1, 0.15) is 5.82 Å². The van der Waals surface area contributed by atoms with Crippen molar-refractivity contribution in [3.8, 4) is 0 Å². The maximum Gasteiger partial charge on any atom is 0.416 e. The normalized spacial score (nSPS) is 16.5. The number of halogens is 3. The molecule has 3 amide bonds. The van der Waals surface area contributed by atoms with Crippen LogP contribution >= 0.6 is 0 Å². The van der Waals surface area contributed by atoms with E-state index in [4.69, 9.17) is 0 Å². The second kappa shape index (κ2) is 9.70. The molecule has 0 spiro atoms. The van der Waals surface area contributed by atoms with Crippen LogP contribution in [0.1, 0.15) is 28.8 Å². The number of pyridine rings is 1. The third-order valence-corrected chi connectivity index (χ3v) is 5.92. The van der Waals surface area contributed by atoms with Crippen LogP contribution in [0, 0.1) is 0 Å². The Bertz CT molecular complexity index is 1080. The molecule has 1 aromatic carbocycles. The Hall–Kier alpha value is -3.63. The summed E-state index contributed by atoms with van der Waals surface area (Å²) in [5.41, 5.74) is -0.461. The fourth-order valence-electron chi connectivity index (χ4n) is 4.06. The van der Waals surface area contributed by atoms with Crippen molar-refractivity contribution in [3.05, 3.63) is 53.7 Å². The summed E-state index contributed by atoms with van der Waals surface area (Å²) in [6.45, 7) is 2.09. The van der Waals surface area contributed by atoms with Gasteiger partial charge in [0.2, 0.25) is 0 Å². The van der Waals surface area contributed by atoms with Gasteiger partial charge in [-0.3, -0.25) is 14.4 Å². The van der Waals surface area contributed by atoms with Crippen molar-refractivity contribution in [1.29, 1.82) is 0 Å². The minimum atomic E-state index is -4.49. The molecule has 0 atom stereocenters. The van der Waals surface area contributed by atoms with Crippen molar-refractivity contribution >= 4 is 29.2 Å². The first-order valence-electron chi connectivity index (χ1n) is 11.0. The second-order valence-corrected chi connectivity index (χ2v) is 8.19. The first-order chi connectivity index (χ1) is 16.2. The molecule has 2 fully saturated rings. The Balaban J connectivity index is 1.42. The van der Waals surface area contributed by atoms with E-state index in [9.17, 15) is 27.6 Å². The van der Waals surface area contributed by atoms with Crippen LogP contribution in [0.25, 0.3) is 0 Å². The Morgan fingerprint density at radius 2 is 1.44 bits per heavy atom. The van der Waals surface area contributed by atoms with Gasteiger partial charge in [-0.15, -0.1) is 0 Å². The summed E-state index contributed by atoms with van der Waals surface area (Å²) in [4.78, 5) is 46.7. The molecule has 4 rings (SSSR count). The number of aromatic nitrogens is 1. The van der Waals surface area contributed by atoms with Crippen molar-refractivity contribution in [3.63, 3.8) is 0 Å². The topological polar surface area (TPSA) is 85.9 Å². The van der Waals surface area contributed by atoms with Crippen molar-refractivity contribution in [2.45, 2.75) is 19.0 Å². The van der Waals surface area contributed by atoms with E-state index in [0.29, 0.717) is 13.1 Å². The van der Waals surface area contributed by atoms with Gasteiger partial charge < -0.3 is 20.0 Å². The average molecular weight is 475 g/mol. The van der Waals surface area contributed by atoms with E-state index in [-0.39, 0.29) is 49.2 Å². The highest BCUT2D eigenvalue weighted by Gasteiger charge is 2.33. The van der Waals surface area contributed by atoms with Gasteiger partial charge in [-0.2, -0.15) is 13.2 Å². The van der Waals surface area contributed by atoms with E-state index >= 15 is 0 Å². The Morgan fingerprint density at radius 1 is 0.824 bits per heavy atom. The van der Waals surface area contributed by atoms with Crippen LogP contribution in [-0.2, 0) is 15.8 Å². The number of anilines is 2. The molecule has 2 aliphatic heterocycles. The third kappa shape index (κ3) is 5.13. The van der Waals surface area contributed by atoms with Crippen LogP contribution in [-0.4, -0.2) is 76.7 Å². The van der Waals surface area contributed by atoms with Gasteiger partial charge in [-0.25, -0.2) is 4.98 Å². The zero-order valence-corrected chi connectivity index (χ0v) is 18.3. The van der Waals surface area contributed by atoms with E-state index in [1.54, 1.807) is 21.9 Å². The number of rotatable bonds is 3. The summed E-state index contributed by atoms with van der Waals surface area (Å²) >= 11 is 0. The number of carbonyl (C=O) groups excluding carboxylic acids is 3. The maximum atomic E-state index is 13.1. The van der Waals surface area contributed by atoms with Crippen LogP contribution in [0.5, 0.6) is 0 Å². The van der Waals surface area contributed by atoms with E-state index in [1.165, 1.54) is 23.2 Å². The average Bonchev–Trinajstić information content (AvgIpc) is 3.38. The number of benzene rings is 1. The van der Waals surface area contributed by atoms with Crippen molar-refractivity contribution in [1.82, 2.24) is 19.7 Å². The molecule has 0 radical (unpaired) electrons. The number of alkyl halides is 3. The van der Waals surface area contributed by atoms with Gasteiger partial charge in [0.05, 0.1) is 11.1 Å². The summed E-state index contributed by atoms with van der Waals surface area (Å²) < 4.78 is 39.1. The lowest BCUT2D eigenvalue weighted by atomic mass is 10.1. The maximum absolute atomic E-state index is 13.1. The van der Waals surface area contributed by atoms with E-state index in [2.05, 4.69) is 10.3 Å². The summed E-state index contributed by atoms with van der Waals surface area (Å²) in [5, 5.41) is 2.80. The third-order valence-electron chi connectivity index (χ3n) is 5.92. The van der Waals surface area contributed by atoms with Gasteiger partial charge in [0, 0.05) is 51.2 Å². The summed E-state index contributed by atoms with van der Waals surface area (Å²) in [6, 6.07) is 7.75. The zero-order chi connectivity index (χ0) is 24.3. The van der Waals surface area contributed by atoms with E-state index in [1.807, 2.05) is 0 Å². The minimum Gasteiger partial charge on any atom is -0.340 e. The molecule has 34 heavy (non-hydrogen) atoms. The second-order valence-electron chi connectivity index (χ2n) is 8.19. The van der Waals surface area contributed by atoms with Gasteiger partial charge in [0.25, 0.3) is 5.91 Å². The van der Waals surface area contributed by atoms with Gasteiger partial charge in [-0.1, -0.05) is 6.07 Å². The molecule has 0 aliphatic carbocycles. The molecule has 0 saturated carbocycles. The molecule has 2 aliphatic rings. The van der Waals surface area contributed by atoms with Crippen molar-refractivity contribution < 1.29 is 27.6 Å². The first kappa shape index (κ1) is 23.5. The largest absolute Gasteiger partial charge is 0.416 e. The lowest BCUT2D eigenvalue weighted by molar-refractivity contribution is -0.152. The number of likely N-dealkylation sites (tertiary alicyclic amines) is 1. The molecule has 0 unspecified atom stereocenters. The predicted molar refractivity (Wildman–Crippen MR) is 117 cm³/mol. The van der Waals surface area contributed by atoms with Crippen molar-refractivity contribution in [2.75, 3.05) is 44.6 Å². The zero-order valence-electron chi connectivity index (χ0n) is 18.3. The molecule has 2 aromatic rings. The molecule has 180 valence electrons. The molecule has 8 nitrogen and oxygen atoms in total. The monoisotopic (exact) mass is 475 g/mol. The molecular formula is C23H24F3N5O3. The van der Waals surface area contributed by atoms with Crippen LogP contribution in [0.4, 0.5) is 24.7 Å². The van der Waals surface area contributed by atoms with Crippen LogP contribution < -0.4 is 5.32 Å². The predicted octanol–water partition coefficient (Wildman–Crippen LogP) is 2.75. The fourth-order valence-corrected chi connectivity index (χ4v) is 4.06. The first-order valence-corrected chi connectivity index (χ1v) is 11.0. The van der Waals surface area contributed by atoms with E-state index < -0.39 is 23.6 Å². The number of hydrogen-bond acceptors (Lipinski definition) is 5. The lowest BCUT2D eigenvalue weighted by Gasteiger charge is -2.35. The Kier molecular flexibility index (Phi) is 6.71. The molecule has 1 N–H and O–H groups in total. The molecule has 11 heteroatoms. The molecule has 3 heterocycles. The highest BCUT2D eigenvalue weighted by atomic mass is 19.4. The highest BCUT2D eigenvalue weighted by molar-refractivity contribution is 6.35. The molecular weight excluding hydrogens is 451 g/mol. The number of hydrogen-bond donors (Lipinski definition) is 1.